The fourth-order valence-electron chi connectivity index (χ4n) is 2.64. The maximum atomic E-state index is 13.6. The third-order valence-corrected chi connectivity index (χ3v) is 4.79. The Balaban J connectivity index is 1.88. The van der Waals surface area contributed by atoms with Crippen molar-refractivity contribution in [3.05, 3.63) is 41.8 Å². The zero-order chi connectivity index (χ0) is 18.9. The van der Waals surface area contributed by atoms with Crippen molar-refractivity contribution in [3.8, 4) is 0 Å². The Morgan fingerprint density at radius 3 is 2.77 bits per heavy atom. The van der Waals surface area contributed by atoms with Crippen LogP contribution in [-0.4, -0.2) is 29.0 Å². The smallest absolute Gasteiger partial charge is 0.412 e. The minimum Gasteiger partial charge on any atom is -0.444 e. The van der Waals surface area contributed by atoms with Gasteiger partial charge in [-0.2, -0.15) is 0 Å². The molecule has 1 amide bonds. The number of nitrogens with one attached hydrogen (secondary N) is 1. The van der Waals surface area contributed by atoms with Crippen molar-refractivity contribution in [1.82, 2.24) is 4.98 Å². The Hall–Kier alpha value is -2.28. The molecule has 1 N–H and O–H groups in total. The molecule has 2 heterocycles. The summed E-state index contributed by atoms with van der Waals surface area (Å²) in [5.41, 5.74) is 1.39. The molecule has 3 rings (SSSR count). The third kappa shape index (κ3) is 4.27. The molecule has 138 valence electrons. The highest BCUT2D eigenvalue weighted by Gasteiger charge is 2.22. The standard InChI is InChI=1S/C19H22FN3O2S/c1-12-14(20)6-8-17(21-12)23-9-10-26-16-7-5-13(11-15(16)23)22-18(24)25-19(2,3)4/h5-8,11H,9-10H2,1-4H3,(H,22,24). The number of halogens is 1. The maximum Gasteiger partial charge on any atom is 0.412 e. The Morgan fingerprint density at radius 1 is 1.31 bits per heavy atom. The van der Waals surface area contributed by atoms with E-state index >= 15 is 0 Å². The first-order chi connectivity index (χ1) is 12.2. The third-order valence-electron chi connectivity index (χ3n) is 3.75. The minimum atomic E-state index is -0.560. The number of amides is 1. The van der Waals surface area contributed by atoms with E-state index in [1.165, 1.54) is 6.07 Å². The van der Waals surface area contributed by atoms with Gasteiger partial charge in [0.05, 0.1) is 11.4 Å². The molecule has 0 bridgehead atoms. The zero-order valence-corrected chi connectivity index (χ0v) is 16.1. The van der Waals surface area contributed by atoms with Gasteiger partial charge in [-0.25, -0.2) is 14.2 Å². The number of hydrogen-bond acceptors (Lipinski definition) is 5. The average Bonchev–Trinajstić information content (AvgIpc) is 2.55. The summed E-state index contributed by atoms with van der Waals surface area (Å²) >= 11 is 1.74. The highest BCUT2D eigenvalue weighted by molar-refractivity contribution is 7.99. The van der Waals surface area contributed by atoms with E-state index < -0.39 is 11.7 Å². The van der Waals surface area contributed by atoms with Crippen molar-refractivity contribution in [2.45, 2.75) is 38.2 Å². The van der Waals surface area contributed by atoms with E-state index in [-0.39, 0.29) is 5.82 Å². The van der Waals surface area contributed by atoms with Crippen molar-refractivity contribution >= 4 is 35.0 Å². The molecule has 1 aliphatic rings. The molecular weight excluding hydrogens is 353 g/mol. The molecule has 2 aromatic rings. The summed E-state index contributed by atoms with van der Waals surface area (Å²) in [5.74, 6) is 1.28. The van der Waals surface area contributed by atoms with E-state index in [1.54, 1.807) is 24.8 Å². The van der Waals surface area contributed by atoms with Crippen LogP contribution in [-0.2, 0) is 4.74 Å². The number of nitrogens with zero attached hydrogens (tertiary/aromatic N) is 2. The van der Waals surface area contributed by atoms with Gasteiger partial charge in [0.25, 0.3) is 0 Å². The SMILES string of the molecule is Cc1nc(N2CCSc3ccc(NC(=O)OC(C)(C)C)cc32)ccc1F. The van der Waals surface area contributed by atoms with E-state index in [0.29, 0.717) is 17.2 Å². The Labute approximate surface area is 156 Å². The van der Waals surface area contributed by atoms with Crippen LogP contribution >= 0.6 is 11.8 Å². The van der Waals surface area contributed by atoms with Gasteiger partial charge in [-0.15, -0.1) is 11.8 Å². The molecule has 5 nitrogen and oxygen atoms in total. The first-order valence-electron chi connectivity index (χ1n) is 8.40. The van der Waals surface area contributed by atoms with Crippen molar-refractivity contribution in [3.63, 3.8) is 0 Å². The predicted octanol–water partition coefficient (Wildman–Crippen LogP) is 5.12. The Bertz CT molecular complexity index is 836. The van der Waals surface area contributed by atoms with Crippen molar-refractivity contribution in [1.29, 1.82) is 0 Å². The van der Waals surface area contributed by atoms with E-state index in [0.717, 1.165) is 22.9 Å². The largest absolute Gasteiger partial charge is 0.444 e. The normalized spacial score (nSPS) is 14.0. The number of benzene rings is 1. The number of aromatic nitrogens is 1. The number of carbonyl (C=O) groups excluding carboxylic acids is 1. The van der Waals surface area contributed by atoms with Gasteiger partial charge in [0.2, 0.25) is 0 Å². The summed E-state index contributed by atoms with van der Waals surface area (Å²) in [4.78, 5) is 19.5. The van der Waals surface area contributed by atoms with Crippen molar-refractivity contribution in [2.75, 3.05) is 22.5 Å². The Morgan fingerprint density at radius 2 is 2.08 bits per heavy atom. The molecule has 26 heavy (non-hydrogen) atoms. The molecular formula is C19H22FN3O2S. The lowest BCUT2D eigenvalue weighted by molar-refractivity contribution is 0.0636. The number of carbonyl (C=O) groups is 1. The summed E-state index contributed by atoms with van der Waals surface area (Å²) in [6.07, 6.45) is -0.497. The second-order valence-corrected chi connectivity index (χ2v) is 8.18. The maximum absolute atomic E-state index is 13.6. The molecule has 0 unspecified atom stereocenters. The summed E-state index contributed by atoms with van der Waals surface area (Å²) < 4.78 is 18.9. The number of aryl methyl sites for hydroxylation is 1. The highest BCUT2D eigenvalue weighted by atomic mass is 32.2. The summed E-state index contributed by atoms with van der Waals surface area (Å²) in [7, 11) is 0. The number of fused-ring (bicyclic) bond motifs is 1. The summed E-state index contributed by atoms with van der Waals surface area (Å²) in [5, 5.41) is 2.76. The summed E-state index contributed by atoms with van der Waals surface area (Å²) in [6.45, 7) is 7.87. The molecule has 0 atom stereocenters. The lowest BCUT2D eigenvalue weighted by Gasteiger charge is -2.30. The summed E-state index contributed by atoms with van der Waals surface area (Å²) in [6, 6.07) is 8.82. The number of ether oxygens (including phenoxy) is 1. The molecule has 1 aromatic carbocycles. The lowest BCUT2D eigenvalue weighted by Crippen LogP contribution is -2.28. The molecule has 0 fully saturated rings. The van der Waals surface area contributed by atoms with Crippen LogP contribution < -0.4 is 10.2 Å². The second kappa shape index (κ2) is 7.15. The van der Waals surface area contributed by atoms with Crippen LogP contribution in [0.5, 0.6) is 0 Å². The molecule has 1 aliphatic heterocycles. The first-order valence-corrected chi connectivity index (χ1v) is 9.39. The van der Waals surface area contributed by atoms with Crippen molar-refractivity contribution in [2.24, 2.45) is 0 Å². The van der Waals surface area contributed by atoms with Gasteiger partial charge in [-0.05, 0) is 58.0 Å². The van der Waals surface area contributed by atoms with Crippen LogP contribution in [0.2, 0.25) is 0 Å². The lowest BCUT2D eigenvalue weighted by atomic mass is 10.2. The molecule has 0 aliphatic carbocycles. The Kier molecular flexibility index (Phi) is 5.09. The van der Waals surface area contributed by atoms with Crippen LogP contribution in [0.25, 0.3) is 0 Å². The highest BCUT2D eigenvalue weighted by Crippen LogP contribution is 2.40. The van der Waals surface area contributed by atoms with E-state index in [1.807, 2.05) is 43.9 Å². The zero-order valence-electron chi connectivity index (χ0n) is 15.3. The van der Waals surface area contributed by atoms with Gasteiger partial charge in [-0.1, -0.05) is 0 Å². The van der Waals surface area contributed by atoms with Gasteiger partial charge in [-0.3, -0.25) is 5.32 Å². The molecule has 1 aromatic heterocycles. The van der Waals surface area contributed by atoms with Crippen LogP contribution in [0, 0.1) is 12.7 Å². The molecule has 7 heteroatoms. The number of anilines is 3. The minimum absolute atomic E-state index is 0.319. The van der Waals surface area contributed by atoms with Gasteiger partial charge in [0.15, 0.2) is 0 Å². The van der Waals surface area contributed by atoms with E-state index in [9.17, 15) is 9.18 Å². The average molecular weight is 375 g/mol. The predicted molar refractivity (Wildman–Crippen MR) is 103 cm³/mol. The monoisotopic (exact) mass is 375 g/mol. The molecule has 0 radical (unpaired) electrons. The van der Waals surface area contributed by atoms with E-state index in [2.05, 4.69) is 10.3 Å². The second-order valence-electron chi connectivity index (χ2n) is 7.05. The number of thioether (sulfide) groups is 1. The van der Waals surface area contributed by atoms with Gasteiger partial charge in [0.1, 0.15) is 17.2 Å². The van der Waals surface area contributed by atoms with Crippen LogP contribution in [0.15, 0.2) is 35.2 Å². The van der Waals surface area contributed by atoms with Gasteiger partial charge >= 0.3 is 6.09 Å². The van der Waals surface area contributed by atoms with Crippen molar-refractivity contribution < 1.29 is 13.9 Å². The quantitative estimate of drug-likeness (QED) is 0.789. The van der Waals surface area contributed by atoms with E-state index in [4.69, 9.17) is 4.74 Å². The number of pyridine rings is 1. The number of hydrogen-bond donors (Lipinski definition) is 1. The van der Waals surface area contributed by atoms with Gasteiger partial charge < -0.3 is 9.64 Å². The topological polar surface area (TPSA) is 54.5 Å². The molecule has 0 spiro atoms. The fourth-order valence-corrected chi connectivity index (χ4v) is 3.61. The van der Waals surface area contributed by atoms with Crippen LogP contribution in [0.3, 0.4) is 0 Å². The molecule has 0 saturated heterocycles. The number of rotatable bonds is 2. The van der Waals surface area contributed by atoms with Crippen LogP contribution in [0.1, 0.15) is 26.5 Å². The fraction of sp³-hybridized carbons (Fsp3) is 0.368. The van der Waals surface area contributed by atoms with Gasteiger partial charge in [0, 0.05) is 22.9 Å². The molecule has 0 saturated carbocycles. The first kappa shape index (κ1) is 18.5. The van der Waals surface area contributed by atoms with Crippen LogP contribution in [0.4, 0.5) is 26.4 Å².